The first-order valence-electron chi connectivity index (χ1n) is 7.23. The fourth-order valence-corrected chi connectivity index (χ4v) is 2.46. The van der Waals surface area contributed by atoms with E-state index in [1.807, 2.05) is 0 Å². The fraction of sp³-hybridized carbons (Fsp3) is 0.188. The summed E-state index contributed by atoms with van der Waals surface area (Å²) >= 11 is 0. The predicted octanol–water partition coefficient (Wildman–Crippen LogP) is 2.36. The number of methoxy groups -OCH3 is 2. The number of aryl methyl sites for hydroxylation is 1. The minimum Gasteiger partial charge on any atom is -0.481 e. The Morgan fingerprint density at radius 1 is 1.20 bits per heavy atom. The maximum absolute atomic E-state index is 11.8. The molecule has 0 amide bonds. The van der Waals surface area contributed by atoms with Crippen molar-refractivity contribution in [1.82, 2.24) is 15.0 Å². The van der Waals surface area contributed by atoms with Gasteiger partial charge in [-0.3, -0.25) is 0 Å². The first kappa shape index (κ1) is 16.4. The van der Waals surface area contributed by atoms with Gasteiger partial charge in [-0.05, 0) is 19.1 Å². The van der Waals surface area contributed by atoms with Crippen molar-refractivity contribution in [2.24, 2.45) is 0 Å². The highest BCUT2D eigenvalue weighted by atomic mass is 16.5. The molecule has 0 aliphatic carbocycles. The zero-order chi connectivity index (χ0) is 18.1. The molecule has 130 valence electrons. The Bertz CT molecular complexity index is 945. The van der Waals surface area contributed by atoms with Crippen LogP contribution in [0.1, 0.15) is 16.1 Å². The number of nitrogens with two attached hydrogens (primary N) is 1. The minimum absolute atomic E-state index is 0.0565. The average molecular weight is 344 g/mol. The summed E-state index contributed by atoms with van der Waals surface area (Å²) in [5.41, 5.74) is 7.55. The molecular weight excluding hydrogens is 328 g/mol. The third-order valence-corrected chi connectivity index (χ3v) is 3.65. The van der Waals surface area contributed by atoms with E-state index in [-0.39, 0.29) is 29.1 Å². The summed E-state index contributed by atoms with van der Waals surface area (Å²) in [6.07, 6.45) is 0. The molecule has 0 aliphatic rings. The summed E-state index contributed by atoms with van der Waals surface area (Å²) in [5.74, 6) is -0.684. The van der Waals surface area contributed by atoms with Gasteiger partial charge in [0.15, 0.2) is 0 Å². The molecule has 2 heterocycles. The highest BCUT2D eigenvalue weighted by molar-refractivity contribution is 6.11. The molecule has 3 rings (SSSR count). The average Bonchev–Trinajstić information content (AvgIpc) is 2.88. The van der Waals surface area contributed by atoms with Gasteiger partial charge in [-0.1, -0.05) is 0 Å². The van der Waals surface area contributed by atoms with E-state index in [0.717, 1.165) is 0 Å². The molecular formula is C16H16N4O5. The number of nitrogens with one attached hydrogen (secondary N) is 1. The molecule has 9 nitrogen and oxygen atoms in total. The van der Waals surface area contributed by atoms with Crippen LogP contribution >= 0.6 is 0 Å². The van der Waals surface area contributed by atoms with E-state index in [1.54, 1.807) is 13.0 Å². The van der Waals surface area contributed by atoms with Gasteiger partial charge in [0.2, 0.25) is 11.8 Å². The number of aromatic amines is 1. The van der Waals surface area contributed by atoms with Crippen LogP contribution in [-0.2, 0) is 0 Å². The number of carbonyl (C=O) groups is 1. The number of aromatic nitrogens is 3. The summed E-state index contributed by atoms with van der Waals surface area (Å²) in [5, 5.41) is 10.0. The van der Waals surface area contributed by atoms with Gasteiger partial charge in [-0.2, -0.15) is 9.97 Å². The highest BCUT2D eigenvalue weighted by Gasteiger charge is 2.22. The van der Waals surface area contributed by atoms with Crippen LogP contribution in [0.4, 0.5) is 5.69 Å². The number of nitrogen functional groups attached to an aromatic ring is 1. The van der Waals surface area contributed by atoms with Gasteiger partial charge >= 0.3 is 12.0 Å². The van der Waals surface area contributed by atoms with Crippen LogP contribution in [0.15, 0.2) is 18.2 Å². The summed E-state index contributed by atoms with van der Waals surface area (Å²) in [6.45, 7) is 1.76. The largest absolute Gasteiger partial charge is 0.481 e. The number of H-pyrrole nitrogens is 1. The predicted molar refractivity (Wildman–Crippen MR) is 89.6 cm³/mol. The van der Waals surface area contributed by atoms with Crippen molar-refractivity contribution in [3.05, 3.63) is 29.5 Å². The maximum Gasteiger partial charge on any atom is 0.340 e. The molecule has 0 aliphatic heterocycles. The molecule has 3 aromatic rings. The Labute approximate surface area is 142 Å². The molecule has 0 saturated carbocycles. The Kier molecular flexibility index (Phi) is 4.05. The molecule has 0 unspecified atom stereocenters. The Morgan fingerprint density at radius 2 is 1.84 bits per heavy atom. The molecule has 0 saturated heterocycles. The van der Waals surface area contributed by atoms with Gasteiger partial charge in [-0.15, -0.1) is 0 Å². The molecule has 0 fully saturated rings. The van der Waals surface area contributed by atoms with Gasteiger partial charge in [0.05, 0.1) is 26.0 Å². The maximum atomic E-state index is 11.8. The summed E-state index contributed by atoms with van der Waals surface area (Å²) in [6, 6.07) is 4.56. The number of ether oxygens (including phenoxy) is 3. The molecule has 9 heteroatoms. The number of hydrogen-bond donors (Lipinski definition) is 3. The molecule has 2 aromatic heterocycles. The van der Waals surface area contributed by atoms with Gasteiger partial charge < -0.3 is 30.0 Å². The second-order valence-corrected chi connectivity index (χ2v) is 5.17. The van der Waals surface area contributed by atoms with Crippen molar-refractivity contribution in [2.75, 3.05) is 20.0 Å². The summed E-state index contributed by atoms with van der Waals surface area (Å²) in [7, 11) is 2.87. The molecule has 1 aromatic carbocycles. The van der Waals surface area contributed by atoms with Crippen LogP contribution in [0.3, 0.4) is 0 Å². The number of fused-ring (bicyclic) bond motifs is 1. The molecule has 0 atom stereocenters. The van der Waals surface area contributed by atoms with E-state index in [9.17, 15) is 9.90 Å². The van der Waals surface area contributed by atoms with Crippen molar-refractivity contribution in [3.8, 4) is 23.5 Å². The lowest BCUT2D eigenvalue weighted by atomic mass is 10.1. The van der Waals surface area contributed by atoms with Crippen LogP contribution < -0.4 is 19.9 Å². The highest BCUT2D eigenvalue weighted by Crippen LogP contribution is 2.35. The molecule has 0 bridgehead atoms. The van der Waals surface area contributed by atoms with Crippen LogP contribution in [0.2, 0.25) is 0 Å². The number of hydrogen-bond acceptors (Lipinski definition) is 7. The monoisotopic (exact) mass is 344 g/mol. The zero-order valence-electron chi connectivity index (χ0n) is 13.8. The van der Waals surface area contributed by atoms with Crippen molar-refractivity contribution >= 4 is 22.6 Å². The van der Waals surface area contributed by atoms with Gasteiger partial charge in [-0.25, -0.2) is 4.79 Å². The quantitative estimate of drug-likeness (QED) is 0.642. The summed E-state index contributed by atoms with van der Waals surface area (Å²) < 4.78 is 15.7. The lowest BCUT2D eigenvalue weighted by Gasteiger charge is -2.10. The number of aromatic carboxylic acids is 1. The van der Waals surface area contributed by atoms with Crippen molar-refractivity contribution in [2.45, 2.75) is 6.92 Å². The molecule has 25 heavy (non-hydrogen) atoms. The smallest absolute Gasteiger partial charge is 0.340 e. The number of benzene rings is 1. The molecule has 0 radical (unpaired) electrons. The number of carboxylic acid groups (broad SMARTS) is 1. The van der Waals surface area contributed by atoms with E-state index < -0.39 is 5.97 Å². The Balaban J connectivity index is 2.15. The zero-order valence-corrected chi connectivity index (χ0v) is 13.8. The Morgan fingerprint density at radius 3 is 2.40 bits per heavy atom. The fourth-order valence-electron chi connectivity index (χ4n) is 2.46. The third-order valence-electron chi connectivity index (χ3n) is 3.65. The van der Waals surface area contributed by atoms with Crippen molar-refractivity contribution in [1.29, 1.82) is 0 Å². The lowest BCUT2D eigenvalue weighted by Crippen LogP contribution is -2.04. The van der Waals surface area contributed by atoms with E-state index in [2.05, 4.69) is 15.0 Å². The third kappa shape index (κ3) is 2.87. The van der Waals surface area contributed by atoms with Gasteiger partial charge in [0.25, 0.3) is 0 Å². The van der Waals surface area contributed by atoms with Crippen molar-refractivity contribution in [3.63, 3.8) is 0 Å². The van der Waals surface area contributed by atoms with Crippen LogP contribution in [0, 0.1) is 6.92 Å². The Hall–Kier alpha value is -3.49. The topological polar surface area (TPSA) is 133 Å². The van der Waals surface area contributed by atoms with Gasteiger partial charge in [0.1, 0.15) is 11.3 Å². The van der Waals surface area contributed by atoms with E-state index in [0.29, 0.717) is 22.3 Å². The summed E-state index contributed by atoms with van der Waals surface area (Å²) in [4.78, 5) is 22.9. The molecule has 0 spiro atoms. The number of anilines is 1. The van der Waals surface area contributed by atoms with E-state index >= 15 is 0 Å². The SMILES string of the molecule is COc1cc(OC)nc(Oc2ccc3[nH]c(C)c(N)c3c2C(=O)O)n1. The first-order chi connectivity index (χ1) is 11.9. The number of rotatable bonds is 5. The lowest BCUT2D eigenvalue weighted by molar-refractivity contribution is 0.0696. The van der Waals surface area contributed by atoms with Crippen LogP contribution in [0.25, 0.3) is 10.9 Å². The normalized spacial score (nSPS) is 10.7. The van der Waals surface area contributed by atoms with Gasteiger partial charge in [0, 0.05) is 16.6 Å². The van der Waals surface area contributed by atoms with E-state index in [4.69, 9.17) is 19.9 Å². The van der Waals surface area contributed by atoms with Crippen molar-refractivity contribution < 1.29 is 24.1 Å². The minimum atomic E-state index is -1.18. The standard InChI is InChI=1S/C16H16N4O5/c1-7-14(17)12-8(18-7)4-5-9(13(12)15(21)22)25-16-19-10(23-2)6-11(20-16)24-3/h4-6,18H,17H2,1-3H3,(H,21,22). The second kappa shape index (κ2) is 6.19. The first-order valence-corrected chi connectivity index (χ1v) is 7.23. The second-order valence-electron chi connectivity index (χ2n) is 5.17. The van der Waals surface area contributed by atoms with Crippen LogP contribution in [-0.4, -0.2) is 40.2 Å². The number of carboxylic acids is 1. The molecule has 4 N–H and O–H groups in total. The number of nitrogens with zero attached hydrogens (tertiary/aromatic N) is 2. The van der Waals surface area contributed by atoms with E-state index in [1.165, 1.54) is 26.4 Å². The van der Waals surface area contributed by atoms with Crippen LogP contribution in [0.5, 0.6) is 23.5 Å².